The van der Waals surface area contributed by atoms with Crippen LogP contribution in [0.15, 0.2) is 24.3 Å². The number of phenols is 1. The summed E-state index contributed by atoms with van der Waals surface area (Å²) in [7, 11) is 0. The number of aromatic hydroxyl groups is 1. The molecule has 0 aliphatic rings. The van der Waals surface area contributed by atoms with Gasteiger partial charge in [-0.15, -0.1) is 0 Å². The maximum absolute atomic E-state index is 9.43. The van der Waals surface area contributed by atoms with Crippen LogP contribution in [0.3, 0.4) is 0 Å². The van der Waals surface area contributed by atoms with Crippen LogP contribution in [0.1, 0.15) is 32.4 Å². The van der Waals surface area contributed by atoms with Gasteiger partial charge in [0.15, 0.2) is 0 Å². The minimum Gasteiger partial charge on any atom is -0.508 e. The van der Waals surface area contributed by atoms with Crippen LogP contribution >= 0.6 is 0 Å². The van der Waals surface area contributed by atoms with Crippen LogP contribution in [-0.2, 0) is 0 Å². The van der Waals surface area contributed by atoms with Gasteiger partial charge in [0.25, 0.3) is 0 Å². The molecule has 2 unspecified atom stereocenters. The van der Waals surface area contributed by atoms with Crippen molar-refractivity contribution in [3.63, 3.8) is 0 Å². The van der Waals surface area contributed by atoms with Gasteiger partial charge in [-0.3, -0.25) is 0 Å². The summed E-state index contributed by atoms with van der Waals surface area (Å²) in [6.07, 6.45) is 0. The second-order valence-electron chi connectivity index (χ2n) is 4.96. The number of rotatable bonds is 6. The Hall–Kier alpha value is -1.06. The second-order valence-corrected chi connectivity index (χ2v) is 4.96. The van der Waals surface area contributed by atoms with E-state index >= 15 is 0 Å². The smallest absolute Gasteiger partial charge is 0.115 e. The van der Waals surface area contributed by atoms with Gasteiger partial charge in [-0.1, -0.05) is 26.0 Å². The average molecular weight is 236 g/mol. The van der Waals surface area contributed by atoms with E-state index in [1.54, 1.807) is 12.1 Å². The van der Waals surface area contributed by atoms with Crippen molar-refractivity contribution in [3.05, 3.63) is 29.8 Å². The molecule has 17 heavy (non-hydrogen) atoms. The number of hydrogen-bond acceptors (Lipinski definition) is 3. The predicted octanol–water partition coefficient (Wildman–Crippen LogP) is 2.27. The van der Waals surface area contributed by atoms with E-state index in [0.717, 1.165) is 12.1 Å². The molecule has 0 saturated heterocycles. The fourth-order valence-corrected chi connectivity index (χ4v) is 1.83. The Bertz CT molecular complexity index is 339. The van der Waals surface area contributed by atoms with Crippen LogP contribution in [0.25, 0.3) is 0 Å². The zero-order chi connectivity index (χ0) is 12.8. The molecule has 0 radical (unpaired) electrons. The predicted molar refractivity (Wildman–Crippen MR) is 71.9 cm³/mol. The van der Waals surface area contributed by atoms with Crippen LogP contribution in [0.5, 0.6) is 5.75 Å². The molecule has 3 heteroatoms. The van der Waals surface area contributed by atoms with Crippen molar-refractivity contribution < 1.29 is 5.11 Å². The summed E-state index contributed by atoms with van der Waals surface area (Å²) < 4.78 is 0. The molecule has 0 aliphatic heterocycles. The molecule has 0 aromatic heterocycles. The molecule has 96 valence electrons. The first-order valence-corrected chi connectivity index (χ1v) is 6.27. The first kappa shape index (κ1) is 14.0. The Morgan fingerprint density at radius 3 is 2.53 bits per heavy atom. The van der Waals surface area contributed by atoms with Crippen LogP contribution in [0.4, 0.5) is 0 Å². The summed E-state index contributed by atoms with van der Waals surface area (Å²) in [4.78, 5) is 0. The highest BCUT2D eigenvalue weighted by atomic mass is 16.3. The largest absolute Gasteiger partial charge is 0.508 e. The van der Waals surface area contributed by atoms with E-state index in [1.165, 1.54) is 0 Å². The SMILES string of the molecule is CC(NCC(CN)C(C)C)c1cccc(O)c1. The normalized spacial score (nSPS) is 14.9. The van der Waals surface area contributed by atoms with Crippen molar-refractivity contribution in [2.24, 2.45) is 17.6 Å². The molecule has 1 aromatic carbocycles. The lowest BCUT2D eigenvalue weighted by atomic mass is 9.95. The third-order valence-electron chi connectivity index (χ3n) is 3.30. The molecule has 1 rings (SSSR count). The van der Waals surface area contributed by atoms with Crippen molar-refractivity contribution in [2.75, 3.05) is 13.1 Å². The topological polar surface area (TPSA) is 58.3 Å². The Morgan fingerprint density at radius 2 is 2.00 bits per heavy atom. The van der Waals surface area contributed by atoms with Gasteiger partial charge in [0.1, 0.15) is 5.75 Å². The molecule has 0 fully saturated rings. The maximum Gasteiger partial charge on any atom is 0.115 e. The Balaban J connectivity index is 2.52. The summed E-state index contributed by atoms with van der Waals surface area (Å²) in [5, 5.41) is 12.9. The van der Waals surface area contributed by atoms with E-state index in [2.05, 4.69) is 26.1 Å². The van der Waals surface area contributed by atoms with Crippen LogP contribution in [0.2, 0.25) is 0 Å². The van der Waals surface area contributed by atoms with Gasteiger partial charge in [-0.25, -0.2) is 0 Å². The van der Waals surface area contributed by atoms with Crippen molar-refractivity contribution in [1.29, 1.82) is 0 Å². The summed E-state index contributed by atoms with van der Waals surface area (Å²) in [5.74, 6) is 1.40. The summed E-state index contributed by atoms with van der Waals surface area (Å²) in [6, 6.07) is 7.60. The van der Waals surface area contributed by atoms with Crippen LogP contribution in [0, 0.1) is 11.8 Å². The monoisotopic (exact) mass is 236 g/mol. The second kappa shape index (κ2) is 6.62. The summed E-state index contributed by atoms with van der Waals surface area (Å²) in [6.45, 7) is 8.10. The van der Waals surface area contributed by atoms with Crippen molar-refractivity contribution in [1.82, 2.24) is 5.32 Å². The Kier molecular flexibility index (Phi) is 5.45. The van der Waals surface area contributed by atoms with Gasteiger partial charge in [0.2, 0.25) is 0 Å². The zero-order valence-electron chi connectivity index (χ0n) is 11.0. The summed E-state index contributed by atoms with van der Waals surface area (Å²) >= 11 is 0. The lowest BCUT2D eigenvalue weighted by molar-refractivity contribution is 0.356. The van der Waals surface area contributed by atoms with E-state index in [-0.39, 0.29) is 6.04 Å². The number of nitrogens with two attached hydrogens (primary N) is 1. The van der Waals surface area contributed by atoms with E-state index in [1.807, 2.05) is 12.1 Å². The third-order valence-corrected chi connectivity index (χ3v) is 3.30. The first-order valence-electron chi connectivity index (χ1n) is 6.27. The van der Waals surface area contributed by atoms with Gasteiger partial charge in [0.05, 0.1) is 0 Å². The molecule has 0 amide bonds. The first-order chi connectivity index (χ1) is 8.04. The van der Waals surface area contributed by atoms with E-state index in [0.29, 0.717) is 24.1 Å². The molecule has 0 aliphatic carbocycles. The number of phenolic OH excluding ortho intramolecular Hbond substituents is 1. The zero-order valence-corrected chi connectivity index (χ0v) is 11.0. The Labute approximate surface area is 104 Å². The molecule has 0 spiro atoms. The fourth-order valence-electron chi connectivity index (χ4n) is 1.83. The highest BCUT2D eigenvalue weighted by molar-refractivity contribution is 5.28. The molecule has 0 heterocycles. The molecule has 2 atom stereocenters. The van der Waals surface area contributed by atoms with E-state index in [9.17, 15) is 5.11 Å². The fraction of sp³-hybridized carbons (Fsp3) is 0.571. The minimum atomic E-state index is 0.231. The van der Waals surface area contributed by atoms with Crippen LogP contribution in [-0.4, -0.2) is 18.2 Å². The van der Waals surface area contributed by atoms with Crippen LogP contribution < -0.4 is 11.1 Å². The molecule has 1 aromatic rings. The quantitative estimate of drug-likeness (QED) is 0.710. The van der Waals surface area contributed by atoms with Crippen molar-refractivity contribution >= 4 is 0 Å². The molecular formula is C14H24N2O. The summed E-state index contributed by atoms with van der Waals surface area (Å²) in [5.41, 5.74) is 6.84. The third kappa shape index (κ3) is 4.36. The molecule has 0 saturated carbocycles. The lowest BCUT2D eigenvalue weighted by Gasteiger charge is -2.22. The lowest BCUT2D eigenvalue weighted by Crippen LogP contribution is -2.33. The van der Waals surface area contributed by atoms with Crippen molar-refractivity contribution in [3.8, 4) is 5.75 Å². The molecule has 0 bridgehead atoms. The molecule has 4 N–H and O–H groups in total. The average Bonchev–Trinajstić information content (AvgIpc) is 2.29. The van der Waals surface area contributed by atoms with E-state index < -0.39 is 0 Å². The van der Waals surface area contributed by atoms with E-state index in [4.69, 9.17) is 5.73 Å². The van der Waals surface area contributed by atoms with Gasteiger partial charge < -0.3 is 16.2 Å². The highest BCUT2D eigenvalue weighted by Crippen LogP contribution is 2.18. The maximum atomic E-state index is 9.43. The molecule has 3 nitrogen and oxygen atoms in total. The number of nitrogens with one attached hydrogen (secondary N) is 1. The number of benzene rings is 1. The van der Waals surface area contributed by atoms with Gasteiger partial charge in [-0.05, 0) is 49.5 Å². The Morgan fingerprint density at radius 1 is 1.29 bits per heavy atom. The van der Waals surface area contributed by atoms with Gasteiger partial charge >= 0.3 is 0 Å². The highest BCUT2D eigenvalue weighted by Gasteiger charge is 2.13. The number of hydrogen-bond donors (Lipinski definition) is 3. The standard InChI is InChI=1S/C14H24N2O/c1-10(2)13(8-15)9-16-11(3)12-5-4-6-14(17)7-12/h4-7,10-11,13,16-17H,8-9,15H2,1-3H3. The molecular weight excluding hydrogens is 212 g/mol. The van der Waals surface area contributed by atoms with Crippen molar-refractivity contribution in [2.45, 2.75) is 26.8 Å². The van der Waals surface area contributed by atoms with Gasteiger partial charge in [0, 0.05) is 6.04 Å². The minimum absolute atomic E-state index is 0.231. The van der Waals surface area contributed by atoms with Gasteiger partial charge in [-0.2, -0.15) is 0 Å².